The molecule has 2 aromatic carbocycles. The first-order chi connectivity index (χ1) is 9.61. The van der Waals surface area contributed by atoms with Gasteiger partial charge < -0.3 is 20.5 Å². The summed E-state index contributed by atoms with van der Waals surface area (Å²) < 4.78 is 10.9. The van der Waals surface area contributed by atoms with Crippen LogP contribution in [0.5, 0.6) is 17.2 Å². The number of carbonyl (C=O) groups is 1. The Morgan fingerprint density at radius 1 is 1.05 bits per heavy atom. The van der Waals surface area contributed by atoms with Gasteiger partial charge in [0.2, 0.25) is 5.91 Å². The third-order valence-corrected chi connectivity index (χ3v) is 2.66. The summed E-state index contributed by atoms with van der Waals surface area (Å²) >= 11 is 0. The molecule has 5 nitrogen and oxygen atoms in total. The van der Waals surface area contributed by atoms with E-state index in [0.29, 0.717) is 28.6 Å². The maximum absolute atomic E-state index is 11.2. The molecule has 0 bridgehead atoms. The van der Waals surface area contributed by atoms with Gasteiger partial charge in [0, 0.05) is 6.92 Å². The van der Waals surface area contributed by atoms with Gasteiger partial charge in [-0.15, -0.1) is 0 Å². The molecule has 0 fully saturated rings. The lowest BCUT2D eigenvalue weighted by molar-refractivity contribution is -0.114. The van der Waals surface area contributed by atoms with Crippen molar-refractivity contribution in [1.82, 2.24) is 0 Å². The Hall–Kier alpha value is -2.69. The first kappa shape index (κ1) is 13.7. The number of methoxy groups -OCH3 is 1. The van der Waals surface area contributed by atoms with Crippen molar-refractivity contribution in [3.63, 3.8) is 0 Å². The molecule has 0 aliphatic heterocycles. The largest absolute Gasteiger partial charge is 0.494 e. The number of hydrogen-bond acceptors (Lipinski definition) is 4. The van der Waals surface area contributed by atoms with Crippen LogP contribution in [0.2, 0.25) is 0 Å². The quantitative estimate of drug-likeness (QED) is 0.839. The van der Waals surface area contributed by atoms with Crippen molar-refractivity contribution < 1.29 is 14.3 Å². The predicted molar refractivity (Wildman–Crippen MR) is 78.2 cm³/mol. The van der Waals surface area contributed by atoms with E-state index in [1.54, 1.807) is 37.4 Å². The average Bonchev–Trinajstić information content (AvgIpc) is 2.42. The molecule has 3 N–H and O–H groups in total. The molecule has 2 aromatic rings. The molecule has 0 radical (unpaired) electrons. The molecule has 0 unspecified atom stereocenters. The van der Waals surface area contributed by atoms with Gasteiger partial charge in [-0.2, -0.15) is 0 Å². The molecule has 0 atom stereocenters. The molecule has 104 valence electrons. The molecule has 1 amide bonds. The monoisotopic (exact) mass is 272 g/mol. The highest BCUT2D eigenvalue weighted by Gasteiger charge is 2.10. The number of amides is 1. The van der Waals surface area contributed by atoms with Crippen molar-refractivity contribution in [3.8, 4) is 17.2 Å². The minimum absolute atomic E-state index is 0.167. The van der Waals surface area contributed by atoms with Crippen LogP contribution in [0.1, 0.15) is 6.92 Å². The second-order valence-corrected chi connectivity index (χ2v) is 4.15. The molecule has 0 spiro atoms. The second-order valence-electron chi connectivity index (χ2n) is 4.15. The Kier molecular flexibility index (Phi) is 4.10. The fourth-order valence-electron chi connectivity index (χ4n) is 1.76. The van der Waals surface area contributed by atoms with Crippen molar-refractivity contribution in [1.29, 1.82) is 0 Å². The fourth-order valence-corrected chi connectivity index (χ4v) is 1.76. The number of carbonyl (C=O) groups excluding carboxylic acids is 1. The molecule has 0 saturated carbocycles. The van der Waals surface area contributed by atoms with Gasteiger partial charge in [0.1, 0.15) is 11.4 Å². The minimum atomic E-state index is -0.167. The van der Waals surface area contributed by atoms with Crippen molar-refractivity contribution >= 4 is 17.3 Å². The smallest absolute Gasteiger partial charge is 0.221 e. The molecule has 5 heteroatoms. The van der Waals surface area contributed by atoms with Crippen molar-refractivity contribution in [2.75, 3.05) is 18.2 Å². The molecular weight excluding hydrogens is 256 g/mol. The van der Waals surface area contributed by atoms with E-state index in [1.165, 1.54) is 6.92 Å². The van der Waals surface area contributed by atoms with E-state index in [4.69, 9.17) is 15.2 Å². The maximum atomic E-state index is 11.2. The summed E-state index contributed by atoms with van der Waals surface area (Å²) in [4.78, 5) is 11.2. The zero-order chi connectivity index (χ0) is 14.5. The van der Waals surface area contributed by atoms with E-state index in [9.17, 15) is 4.79 Å². The lowest BCUT2D eigenvalue weighted by atomic mass is 10.2. The maximum Gasteiger partial charge on any atom is 0.221 e. The number of ether oxygens (including phenoxy) is 2. The van der Waals surface area contributed by atoms with Gasteiger partial charge in [-0.1, -0.05) is 18.2 Å². The van der Waals surface area contributed by atoms with Gasteiger partial charge in [-0.05, 0) is 24.3 Å². The van der Waals surface area contributed by atoms with Gasteiger partial charge >= 0.3 is 0 Å². The molecule has 2 rings (SSSR count). The lowest BCUT2D eigenvalue weighted by Gasteiger charge is -2.14. The average molecular weight is 272 g/mol. The number of nitrogens with two attached hydrogens (primary N) is 1. The molecule has 0 aromatic heterocycles. The van der Waals surface area contributed by atoms with Gasteiger partial charge in [0.05, 0.1) is 12.8 Å². The van der Waals surface area contributed by atoms with Gasteiger partial charge in [0.25, 0.3) is 0 Å². The Balaban J connectivity index is 2.33. The van der Waals surface area contributed by atoms with Crippen LogP contribution in [0.4, 0.5) is 11.4 Å². The van der Waals surface area contributed by atoms with Crippen LogP contribution in [-0.4, -0.2) is 13.0 Å². The first-order valence-corrected chi connectivity index (χ1v) is 6.08. The number of benzene rings is 2. The number of para-hydroxylation sites is 3. The minimum Gasteiger partial charge on any atom is -0.494 e. The molecule has 0 saturated heterocycles. The molecule has 0 aliphatic carbocycles. The second kappa shape index (κ2) is 5.97. The van der Waals surface area contributed by atoms with Crippen molar-refractivity contribution in [2.45, 2.75) is 6.92 Å². The van der Waals surface area contributed by atoms with Crippen LogP contribution in [0.25, 0.3) is 0 Å². The zero-order valence-corrected chi connectivity index (χ0v) is 11.3. The summed E-state index contributed by atoms with van der Waals surface area (Å²) in [6, 6.07) is 12.4. The van der Waals surface area contributed by atoms with Crippen molar-refractivity contribution in [3.05, 3.63) is 42.5 Å². The third-order valence-electron chi connectivity index (χ3n) is 2.66. The van der Waals surface area contributed by atoms with Crippen LogP contribution in [-0.2, 0) is 4.79 Å². The highest BCUT2D eigenvalue weighted by atomic mass is 16.5. The van der Waals surface area contributed by atoms with Gasteiger partial charge in [-0.3, -0.25) is 4.79 Å². The van der Waals surface area contributed by atoms with E-state index < -0.39 is 0 Å². The molecule has 0 heterocycles. The normalized spacial score (nSPS) is 9.90. The van der Waals surface area contributed by atoms with E-state index in [0.717, 1.165) is 0 Å². The third kappa shape index (κ3) is 3.00. The van der Waals surface area contributed by atoms with E-state index in [1.807, 2.05) is 12.1 Å². The van der Waals surface area contributed by atoms with Crippen LogP contribution < -0.4 is 20.5 Å². The molecular formula is C15H16N2O3. The summed E-state index contributed by atoms with van der Waals surface area (Å²) in [5.41, 5.74) is 6.95. The standard InChI is InChI=1S/C15H16N2O3/c1-10(18)17-11-6-3-4-7-12(11)20-14-9-5-8-13(19-2)15(14)16/h3-9H,16H2,1-2H3,(H,17,18). The van der Waals surface area contributed by atoms with Crippen LogP contribution in [0.3, 0.4) is 0 Å². The Labute approximate surface area is 117 Å². The molecule has 0 aliphatic rings. The van der Waals surface area contributed by atoms with E-state index in [2.05, 4.69) is 5.32 Å². The van der Waals surface area contributed by atoms with Gasteiger partial charge in [-0.25, -0.2) is 0 Å². The van der Waals surface area contributed by atoms with Crippen LogP contribution in [0, 0.1) is 0 Å². The van der Waals surface area contributed by atoms with Crippen molar-refractivity contribution in [2.24, 2.45) is 0 Å². The van der Waals surface area contributed by atoms with Gasteiger partial charge in [0.15, 0.2) is 11.5 Å². The summed E-state index contributed by atoms with van der Waals surface area (Å²) in [5.74, 6) is 1.36. The van der Waals surface area contributed by atoms with Crippen LogP contribution >= 0.6 is 0 Å². The summed E-state index contributed by atoms with van der Waals surface area (Å²) in [6.07, 6.45) is 0. The number of nitrogens with one attached hydrogen (secondary N) is 1. The summed E-state index contributed by atoms with van der Waals surface area (Å²) in [5, 5.41) is 2.71. The number of nitrogen functional groups attached to an aromatic ring is 1. The zero-order valence-electron chi connectivity index (χ0n) is 11.3. The molecule has 20 heavy (non-hydrogen) atoms. The summed E-state index contributed by atoms with van der Waals surface area (Å²) in [7, 11) is 1.54. The Morgan fingerprint density at radius 3 is 2.40 bits per heavy atom. The first-order valence-electron chi connectivity index (χ1n) is 6.08. The van der Waals surface area contributed by atoms with Crippen LogP contribution in [0.15, 0.2) is 42.5 Å². The van der Waals surface area contributed by atoms with E-state index >= 15 is 0 Å². The fraction of sp³-hybridized carbons (Fsp3) is 0.133. The number of anilines is 2. The number of rotatable bonds is 4. The Bertz CT molecular complexity index is 626. The number of hydrogen-bond donors (Lipinski definition) is 2. The highest BCUT2D eigenvalue weighted by Crippen LogP contribution is 2.36. The Morgan fingerprint density at radius 2 is 1.70 bits per heavy atom. The van der Waals surface area contributed by atoms with E-state index in [-0.39, 0.29) is 5.91 Å². The topological polar surface area (TPSA) is 73.6 Å². The highest BCUT2D eigenvalue weighted by molar-refractivity contribution is 5.90. The predicted octanol–water partition coefficient (Wildman–Crippen LogP) is 3.03. The SMILES string of the molecule is COc1cccc(Oc2ccccc2NC(C)=O)c1N. The lowest BCUT2D eigenvalue weighted by Crippen LogP contribution is -2.07. The summed E-state index contributed by atoms with van der Waals surface area (Å²) in [6.45, 7) is 1.44.